The van der Waals surface area contributed by atoms with E-state index in [1.165, 1.54) is 44.9 Å². The van der Waals surface area contributed by atoms with Gasteiger partial charge in [-0.05, 0) is 18.2 Å². The number of benzene rings is 1. The van der Waals surface area contributed by atoms with Crippen LogP contribution in [-0.4, -0.2) is 28.6 Å². The van der Waals surface area contributed by atoms with E-state index in [9.17, 15) is 13.2 Å². The predicted octanol–water partition coefficient (Wildman–Crippen LogP) is 1.55. The number of furan rings is 1. The molecule has 0 atom stereocenters. The average molecular weight is 325 g/mol. The Hall–Kier alpha value is -2.32. The minimum absolute atomic E-state index is 0.0134. The van der Waals surface area contributed by atoms with Gasteiger partial charge in [-0.1, -0.05) is 0 Å². The fourth-order valence-corrected chi connectivity index (χ4v) is 2.80. The van der Waals surface area contributed by atoms with Crippen molar-refractivity contribution in [3.05, 3.63) is 47.9 Å². The average Bonchev–Trinajstić information content (AvgIpc) is 3.05. The molecule has 22 heavy (non-hydrogen) atoms. The van der Waals surface area contributed by atoms with Crippen LogP contribution in [-0.2, 0) is 21.3 Å². The van der Waals surface area contributed by atoms with Gasteiger partial charge in [-0.3, -0.25) is 0 Å². The first kappa shape index (κ1) is 16.1. The lowest BCUT2D eigenvalue weighted by Crippen LogP contribution is -2.23. The number of hydrogen-bond acceptors (Lipinski definition) is 6. The Morgan fingerprint density at radius 3 is 2.64 bits per heavy atom. The number of esters is 1. The lowest BCUT2D eigenvalue weighted by molar-refractivity contribution is 0.0597. The largest absolute Gasteiger partial charge is 0.496 e. The van der Waals surface area contributed by atoms with Crippen molar-refractivity contribution >= 4 is 16.0 Å². The van der Waals surface area contributed by atoms with Crippen LogP contribution >= 0.6 is 0 Å². The zero-order chi connectivity index (χ0) is 16.2. The molecule has 1 heterocycles. The number of nitrogens with one attached hydrogen (secondary N) is 1. The lowest BCUT2D eigenvalue weighted by Gasteiger charge is -2.10. The molecule has 2 aromatic rings. The van der Waals surface area contributed by atoms with E-state index in [0.717, 1.165) is 0 Å². The van der Waals surface area contributed by atoms with Crippen molar-refractivity contribution < 1.29 is 27.1 Å². The summed E-state index contributed by atoms with van der Waals surface area (Å²) in [5, 5.41) is 0. The summed E-state index contributed by atoms with van der Waals surface area (Å²) >= 11 is 0. The number of ether oxygens (including phenoxy) is 2. The van der Waals surface area contributed by atoms with Gasteiger partial charge < -0.3 is 13.9 Å². The summed E-state index contributed by atoms with van der Waals surface area (Å²) in [4.78, 5) is 11.5. The standard InChI is InChI=1S/C14H15NO6S/c1-19-13-7-11(3-4-12(13)14(16)20-2)22(17,18)15-8-10-5-6-21-9-10/h3-7,9,15H,8H2,1-2H3. The quantitative estimate of drug-likeness (QED) is 0.810. The number of rotatable bonds is 6. The van der Waals surface area contributed by atoms with Crippen LogP contribution in [0.2, 0.25) is 0 Å². The highest BCUT2D eigenvalue weighted by molar-refractivity contribution is 7.89. The van der Waals surface area contributed by atoms with Crippen molar-refractivity contribution in [2.45, 2.75) is 11.4 Å². The summed E-state index contributed by atoms with van der Waals surface area (Å²) in [5.41, 5.74) is 0.848. The van der Waals surface area contributed by atoms with Gasteiger partial charge in [0.15, 0.2) is 0 Å². The second-order valence-electron chi connectivity index (χ2n) is 4.31. The van der Waals surface area contributed by atoms with Gasteiger partial charge >= 0.3 is 5.97 Å². The number of carbonyl (C=O) groups excluding carboxylic acids is 1. The highest BCUT2D eigenvalue weighted by atomic mass is 32.2. The molecule has 0 aliphatic heterocycles. The van der Waals surface area contributed by atoms with Gasteiger partial charge in [0.05, 0.1) is 31.6 Å². The molecule has 0 saturated heterocycles. The second-order valence-corrected chi connectivity index (χ2v) is 6.08. The van der Waals surface area contributed by atoms with E-state index < -0.39 is 16.0 Å². The molecule has 0 saturated carbocycles. The molecule has 0 amide bonds. The van der Waals surface area contributed by atoms with Crippen LogP contribution in [0.1, 0.15) is 15.9 Å². The molecule has 0 aliphatic carbocycles. The van der Waals surface area contributed by atoms with Crippen LogP contribution in [0.4, 0.5) is 0 Å². The van der Waals surface area contributed by atoms with E-state index in [-0.39, 0.29) is 22.8 Å². The van der Waals surface area contributed by atoms with Crippen molar-refractivity contribution in [3.63, 3.8) is 0 Å². The SMILES string of the molecule is COC(=O)c1ccc(S(=O)(=O)NCc2ccoc2)cc1OC. The van der Waals surface area contributed by atoms with E-state index in [2.05, 4.69) is 9.46 Å². The predicted molar refractivity (Wildman–Crippen MR) is 77.1 cm³/mol. The Morgan fingerprint density at radius 2 is 2.05 bits per heavy atom. The molecule has 0 bridgehead atoms. The van der Waals surface area contributed by atoms with Crippen molar-refractivity contribution in [1.29, 1.82) is 0 Å². The summed E-state index contributed by atoms with van der Waals surface area (Å²) in [6.45, 7) is 0.0971. The molecule has 1 N–H and O–H groups in total. The molecule has 1 aromatic heterocycles. The molecule has 0 unspecified atom stereocenters. The Morgan fingerprint density at radius 1 is 1.27 bits per heavy atom. The molecule has 0 fully saturated rings. The highest BCUT2D eigenvalue weighted by Gasteiger charge is 2.19. The molecule has 8 heteroatoms. The van der Waals surface area contributed by atoms with Gasteiger partial charge in [-0.25, -0.2) is 17.9 Å². The van der Waals surface area contributed by atoms with Crippen LogP contribution < -0.4 is 9.46 Å². The fraction of sp³-hybridized carbons (Fsp3) is 0.214. The fourth-order valence-electron chi connectivity index (χ4n) is 1.77. The summed E-state index contributed by atoms with van der Waals surface area (Å²) in [6.07, 6.45) is 2.90. The van der Waals surface area contributed by atoms with E-state index in [1.807, 2.05) is 0 Å². The molecule has 7 nitrogen and oxygen atoms in total. The van der Waals surface area contributed by atoms with E-state index in [1.54, 1.807) is 6.07 Å². The van der Waals surface area contributed by atoms with Crippen LogP contribution in [0, 0.1) is 0 Å². The van der Waals surface area contributed by atoms with Crippen LogP contribution in [0.3, 0.4) is 0 Å². The van der Waals surface area contributed by atoms with Crippen LogP contribution in [0.25, 0.3) is 0 Å². The van der Waals surface area contributed by atoms with Crippen molar-refractivity contribution in [2.24, 2.45) is 0 Å². The van der Waals surface area contributed by atoms with Crippen LogP contribution in [0.5, 0.6) is 5.75 Å². The Balaban J connectivity index is 2.25. The minimum atomic E-state index is -3.74. The molecule has 2 rings (SSSR count). The third-order valence-corrected chi connectivity index (χ3v) is 4.33. The van der Waals surface area contributed by atoms with Gasteiger partial charge in [-0.15, -0.1) is 0 Å². The van der Waals surface area contributed by atoms with Crippen molar-refractivity contribution in [2.75, 3.05) is 14.2 Å². The smallest absolute Gasteiger partial charge is 0.341 e. The molecular weight excluding hydrogens is 310 g/mol. The van der Waals surface area contributed by atoms with E-state index in [4.69, 9.17) is 9.15 Å². The van der Waals surface area contributed by atoms with Gasteiger partial charge in [0.25, 0.3) is 0 Å². The zero-order valence-corrected chi connectivity index (χ0v) is 12.8. The first-order valence-corrected chi connectivity index (χ1v) is 7.73. The summed E-state index contributed by atoms with van der Waals surface area (Å²) < 4.78 is 41.4. The summed E-state index contributed by atoms with van der Waals surface area (Å²) in [5.74, 6) is -0.481. The normalized spacial score (nSPS) is 11.2. The second kappa shape index (κ2) is 6.63. The maximum Gasteiger partial charge on any atom is 0.341 e. The number of hydrogen-bond donors (Lipinski definition) is 1. The monoisotopic (exact) mass is 325 g/mol. The number of carbonyl (C=O) groups is 1. The Kier molecular flexibility index (Phi) is 4.84. The van der Waals surface area contributed by atoms with Crippen molar-refractivity contribution in [1.82, 2.24) is 4.72 Å². The number of sulfonamides is 1. The van der Waals surface area contributed by atoms with Gasteiger partial charge in [0.1, 0.15) is 11.3 Å². The summed E-state index contributed by atoms with van der Waals surface area (Å²) in [7, 11) is -1.16. The first-order chi connectivity index (χ1) is 10.5. The van der Waals surface area contributed by atoms with Gasteiger partial charge in [-0.2, -0.15) is 0 Å². The van der Waals surface area contributed by atoms with E-state index in [0.29, 0.717) is 5.56 Å². The molecule has 0 radical (unpaired) electrons. The maximum atomic E-state index is 12.2. The topological polar surface area (TPSA) is 94.8 Å². The Labute approximate surface area is 127 Å². The van der Waals surface area contributed by atoms with Gasteiger partial charge in [0.2, 0.25) is 10.0 Å². The molecule has 1 aromatic carbocycles. The first-order valence-electron chi connectivity index (χ1n) is 6.25. The summed E-state index contributed by atoms with van der Waals surface area (Å²) in [6, 6.07) is 5.58. The maximum absolute atomic E-state index is 12.2. The highest BCUT2D eigenvalue weighted by Crippen LogP contribution is 2.23. The zero-order valence-electron chi connectivity index (χ0n) is 12.0. The van der Waals surface area contributed by atoms with E-state index >= 15 is 0 Å². The Bertz CT molecular complexity index is 752. The molecular formula is C14H15NO6S. The minimum Gasteiger partial charge on any atom is -0.496 e. The van der Waals surface area contributed by atoms with Gasteiger partial charge in [0, 0.05) is 18.2 Å². The lowest BCUT2D eigenvalue weighted by atomic mass is 10.2. The third kappa shape index (κ3) is 3.46. The van der Waals surface area contributed by atoms with Crippen LogP contribution in [0.15, 0.2) is 46.1 Å². The number of methoxy groups -OCH3 is 2. The molecule has 0 spiro atoms. The molecule has 118 valence electrons. The molecule has 0 aliphatic rings. The third-order valence-electron chi connectivity index (χ3n) is 2.94. The van der Waals surface area contributed by atoms with Crippen molar-refractivity contribution in [3.8, 4) is 5.75 Å².